The molecule has 0 aliphatic carbocycles. The number of hydrogen-bond donors (Lipinski definition) is 1. The van der Waals surface area contributed by atoms with Crippen LogP contribution in [0.3, 0.4) is 0 Å². The van der Waals surface area contributed by atoms with Crippen LogP contribution < -0.4 is 5.32 Å². The second-order valence-corrected chi connectivity index (χ2v) is 6.19. The predicted octanol–water partition coefficient (Wildman–Crippen LogP) is 2.57. The Balaban J connectivity index is 2.06. The Morgan fingerprint density at radius 3 is 2.52 bits per heavy atom. The van der Waals surface area contributed by atoms with Gasteiger partial charge in [-0.1, -0.05) is 18.2 Å². The van der Waals surface area contributed by atoms with Gasteiger partial charge in [-0.25, -0.2) is 4.98 Å². The summed E-state index contributed by atoms with van der Waals surface area (Å²) in [5.41, 5.74) is 1.47. The molecule has 1 aromatic carbocycles. The van der Waals surface area contributed by atoms with E-state index in [0.29, 0.717) is 23.9 Å². The summed E-state index contributed by atoms with van der Waals surface area (Å²) in [6, 6.07) is 9.60. The molecule has 0 radical (unpaired) electrons. The number of carbonyl (C=O) groups is 2. The molecule has 0 bridgehead atoms. The first-order valence-corrected chi connectivity index (χ1v) is 8.49. The number of amides is 2. The zero-order valence-electron chi connectivity index (χ0n) is 15.2. The first-order valence-electron chi connectivity index (χ1n) is 8.49. The van der Waals surface area contributed by atoms with Gasteiger partial charge < -0.3 is 14.6 Å². The van der Waals surface area contributed by atoms with Crippen molar-refractivity contribution < 1.29 is 14.0 Å². The van der Waals surface area contributed by atoms with Gasteiger partial charge in [-0.2, -0.15) is 0 Å². The van der Waals surface area contributed by atoms with E-state index in [1.165, 1.54) is 4.90 Å². The van der Waals surface area contributed by atoms with Crippen molar-refractivity contribution in [1.29, 1.82) is 0 Å². The molecule has 0 saturated carbocycles. The van der Waals surface area contributed by atoms with E-state index < -0.39 is 0 Å². The number of nitrogens with zero attached hydrogens (tertiary/aromatic N) is 2. The van der Waals surface area contributed by atoms with Gasteiger partial charge in [0.05, 0.1) is 18.7 Å². The van der Waals surface area contributed by atoms with Gasteiger partial charge in [-0.15, -0.1) is 0 Å². The highest BCUT2D eigenvalue weighted by molar-refractivity contribution is 5.85. The number of rotatable bonds is 7. The van der Waals surface area contributed by atoms with Crippen LogP contribution >= 0.6 is 0 Å². The lowest BCUT2D eigenvalue weighted by molar-refractivity contribution is -0.135. The molecule has 0 aliphatic rings. The number of aryl methyl sites for hydroxylation is 1. The SMILES string of the molecule is CCN(CC(=O)NC(C)C)C(=O)Cc1nc(-c2ccccc2)oc1C. The summed E-state index contributed by atoms with van der Waals surface area (Å²) in [4.78, 5) is 30.4. The van der Waals surface area contributed by atoms with Crippen LogP contribution in [0.2, 0.25) is 0 Å². The summed E-state index contributed by atoms with van der Waals surface area (Å²) in [5.74, 6) is 0.820. The van der Waals surface area contributed by atoms with E-state index in [2.05, 4.69) is 10.3 Å². The van der Waals surface area contributed by atoms with Crippen LogP contribution in [-0.4, -0.2) is 40.8 Å². The average Bonchev–Trinajstić information content (AvgIpc) is 2.93. The van der Waals surface area contributed by atoms with Crippen LogP contribution in [0.5, 0.6) is 0 Å². The maximum atomic E-state index is 12.5. The minimum Gasteiger partial charge on any atom is -0.441 e. The number of aromatic nitrogens is 1. The second-order valence-electron chi connectivity index (χ2n) is 6.19. The monoisotopic (exact) mass is 343 g/mol. The Morgan fingerprint density at radius 2 is 1.92 bits per heavy atom. The van der Waals surface area contributed by atoms with E-state index in [-0.39, 0.29) is 30.8 Å². The third kappa shape index (κ3) is 5.17. The standard InChI is InChI=1S/C19H25N3O3/c1-5-22(12-17(23)20-13(2)3)18(24)11-16-14(4)25-19(21-16)15-9-7-6-8-10-15/h6-10,13H,5,11-12H2,1-4H3,(H,20,23). The third-order valence-electron chi connectivity index (χ3n) is 3.75. The molecule has 0 atom stereocenters. The first kappa shape index (κ1) is 18.7. The van der Waals surface area contributed by atoms with Crippen LogP contribution in [0.4, 0.5) is 0 Å². The number of carbonyl (C=O) groups excluding carboxylic acids is 2. The molecule has 1 aromatic heterocycles. The quantitative estimate of drug-likeness (QED) is 0.838. The Kier molecular flexibility index (Phi) is 6.33. The molecule has 134 valence electrons. The van der Waals surface area contributed by atoms with Gasteiger partial charge in [-0.3, -0.25) is 9.59 Å². The van der Waals surface area contributed by atoms with E-state index in [1.54, 1.807) is 6.92 Å². The predicted molar refractivity (Wildman–Crippen MR) is 95.9 cm³/mol. The molecule has 0 aliphatic heterocycles. The molecular formula is C19H25N3O3. The minimum absolute atomic E-state index is 0.0486. The molecular weight excluding hydrogens is 318 g/mol. The number of likely N-dealkylation sites (N-methyl/N-ethyl adjacent to an activating group) is 1. The Morgan fingerprint density at radius 1 is 1.24 bits per heavy atom. The molecule has 6 nitrogen and oxygen atoms in total. The van der Waals surface area contributed by atoms with Gasteiger partial charge in [0.2, 0.25) is 17.7 Å². The largest absolute Gasteiger partial charge is 0.441 e. The highest BCUT2D eigenvalue weighted by atomic mass is 16.4. The van der Waals surface area contributed by atoms with Crippen molar-refractivity contribution >= 4 is 11.8 Å². The lowest BCUT2D eigenvalue weighted by atomic mass is 10.2. The van der Waals surface area contributed by atoms with E-state index in [9.17, 15) is 9.59 Å². The minimum atomic E-state index is -0.160. The molecule has 2 aromatic rings. The number of benzene rings is 1. The summed E-state index contributed by atoms with van der Waals surface area (Å²) in [7, 11) is 0. The highest BCUT2D eigenvalue weighted by Gasteiger charge is 2.20. The summed E-state index contributed by atoms with van der Waals surface area (Å²) < 4.78 is 5.69. The first-order chi connectivity index (χ1) is 11.9. The van der Waals surface area contributed by atoms with Crippen molar-refractivity contribution in [2.75, 3.05) is 13.1 Å². The molecule has 2 rings (SSSR count). The number of nitrogens with one attached hydrogen (secondary N) is 1. The van der Waals surface area contributed by atoms with Crippen molar-refractivity contribution in [3.05, 3.63) is 41.8 Å². The summed E-state index contributed by atoms with van der Waals surface area (Å²) >= 11 is 0. The zero-order valence-corrected chi connectivity index (χ0v) is 15.2. The van der Waals surface area contributed by atoms with Crippen molar-refractivity contribution in [1.82, 2.24) is 15.2 Å². The molecule has 0 unspecified atom stereocenters. The molecule has 1 heterocycles. The number of oxazole rings is 1. The highest BCUT2D eigenvalue weighted by Crippen LogP contribution is 2.21. The summed E-state index contributed by atoms with van der Waals surface area (Å²) in [6.07, 6.45) is 0.116. The van der Waals surface area contributed by atoms with Gasteiger partial charge in [0.15, 0.2) is 0 Å². The average molecular weight is 343 g/mol. The molecule has 0 spiro atoms. The van der Waals surface area contributed by atoms with Gasteiger partial charge >= 0.3 is 0 Å². The maximum absolute atomic E-state index is 12.5. The fraction of sp³-hybridized carbons (Fsp3) is 0.421. The van der Waals surface area contributed by atoms with Crippen LogP contribution in [0.1, 0.15) is 32.2 Å². The van der Waals surface area contributed by atoms with Crippen LogP contribution in [-0.2, 0) is 16.0 Å². The van der Waals surface area contributed by atoms with E-state index >= 15 is 0 Å². The van der Waals surface area contributed by atoms with Crippen LogP contribution in [0.15, 0.2) is 34.7 Å². The Hall–Kier alpha value is -2.63. The molecule has 2 amide bonds. The van der Waals surface area contributed by atoms with Crippen molar-refractivity contribution in [2.45, 2.75) is 40.2 Å². The van der Waals surface area contributed by atoms with E-state index in [4.69, 9.17) is 4.42 Å². The topological polar surface area (TPSA) is 75.4 Å². The summed E-state index contributed by atoms with van der Waals surface area (Å²) in [6.45, 7) is 7.94. The normalized spacial score (nSPS) is 10.8. The fourth-order valence-electron chi connectivity index (χ4n) is 2.47. The van der Waals surface area contributed by atoms with Crippen LogP contribution in [0.25, 0.3) is 11.5 Å². The van der Waals surface area contributed by atoms with Gasteiger partial charge in [0.1, 0.15) is 5.76 Å². The van der Waals surface area contributed by atoms with Crippen molar-refractivity contribution in [3.8, 4) is 11.5 Å². The van der Waals surface area contributed by atoms with Gasteiger partial charge in [-0.05, 0) is 39.8 Å². The molecule has 25 heavy (non-hydrogen) atoms. The Labute approximate surface area is 148 Å². The molecule has 0 fully saturated rings. The van der Waals surface area contributed by atoms with Crippen molar-refractivity contribution in [2.24, 2.45) is 0 Å². The Bertz CT molecular complexity index is 723. The third-order valence-corrected chi connectivity index (χ3v) is 3.75. The zero-order chi connectivity index (χ0) is 18.4. The van der Waals surface area contributed by atoms with Gasteiger partial charge in [0.25, 0.3) is 0 Å². The lowest BCUT2D eigenvalue weighted by Crippen LogP contribution is -2.43. The van der Waals surface area contributed by atoms with Crippen molar-refractivity contribution in [3.63, 3.8) is 0 Å². The molecule has 6 heteroatoms. The van der Waals surface area contributed by atoms with Crippen LogP contribution in [0, 0.1) is 6.92 Å². The number of hydrogen-bond acceptors (Lipinski definition) is 4. The fourth-order valence-corrected chi connectivity index (χ4v) is 2.47. The molecule has 1 N–H and O–H groups in total. The lowest BCUT2D eigenvalue weighted by Gasteiger charge is -2.20. The van der Waals surface area contributed by atoms with E-state index in [0.717, 1.165) is 5.56 Å². The van der Waals surface area contributed by atoms with Gasteiger partial charge in [0, 0.05) is 18.2 Å². The molecule has 0 saturated heterocycles. The smallest absolute Gasteiger partial charge is 0.239 e. The maximum Gasteiger partial charge on any atom is 0.239 e. The summed E-state index contributed by atoms with van der Waals surface area (Å²) in [5, 5.41) is 2.80. The second kappa shape index (κ2) is 8.46. The van der Waals surface area contributed by atoms with E-state index in [1.807, 2.05) is 51.1 Å².